The van der Waals surface area contributed by atoms with Gasteiger partial charge in [0.05, 0.1) is 18.8 Å². The lowest BCUT2D eigenvalue weighted by Gasteiger charge is -2.43. The van der Waals surface area contributed by atoms with Crippen molar-refractivity contribution in [2.24, 2.45) is 0 Å². The van der Waals surface area contributed by atoms with Crippen LogP contribution in [0.15, 0.2) is 0 Å². The summed E-state index contributed by atoms with van der Waals surface area (Å²) < 4.78 is 11.8. The van der Waals surface area contributed by atoms with Gasteiger partial charge in [-0.1, -0.05) is 20.8 Å². The number of piperidine rings is 1. The van der Waals surface area contributed by atoms with Crippen LogP contribution in [0.5, 0.6) is 0 Å². The predicted molar refractivity (Wildman–Crippen MR) is 90.5 cm³/mol. The van der Waals surface area contributed by atoms with Gasteiger partial charge in [0.2, 0.25) is 0 Å². The lowest BCUT2D eigenvalue weighted by atomic mass is 10.1. The molecule has 0 aromatic heterocycles. The lowest BCUT2D eigenvalue weighted by molar-refractivity contribution is -0.0261. The van der Waals surface area contributed by atoms with Gasteiger partial charge in [-0.05, 0) is 38.9 Å². The van der Waals surface area contributed by atoms with Crippen molar-refractivity contribution in [2.45, 2.75) is 83.9 Å². The van der Waals surface area contributed by atoms with Crippen molar-refractivity contribution in [2.75, 3.05) is 13.1 Å². The minimum absolute atomic E-state index is 0.103. The summed E-state index contributed by atoms with van der Waals surface area (Å²) in [5, 5.41) is 10.2. The van der Waals surface area contributed by atoms with Gasteiger partial charge in [0.1, 0.15) is 5.60 Å². The van der Waals surface area contributed by atoms with Crippen LogP contribution >= 0.6 is 0 Å². The Bertz CT molecular complexity index is 398. The molecule has 1 aliphatic rings. The molecule has 1 heterocycles. The molecule has 2 atom stereocenters. The van der Waals surface area contributed by atoms with Gasteiger partial charge >= 0.3 is 6.09 Å². The highest BCUT2D eigenvalue weighted by Crippen LogP contribution is 2.38. The SMILES string of the molecule is CC(C)(C)OC(=O)N1C[C@@H](O)C[C@@H](O[Si](C)(C)C(C)(C)C)C1. The highest BCUT2D eigenvalue weighted by Gasteiger charge is 2.41. The summed E-state index contributed by atoms with van der Waals surface area (Å²) in [6, 6.07) is 0. The zero-order valence-electron chi connectivity index (χ0n) is 15.4. The van der Waals surface area contributed by atoms with Crippen molar-refractivity contribution in [3.63, 3.8) is 0 Å². The zero-order valence-corrected chi connectivity index (χ0v) is 16.4. The minimum atomic E-state index is -1.92. The van der Waals surface area contributed by atoms with Crippen molar-refractivity contribution in [1.29, 1.82) is 0 Å². The van der Waals surface area contributed by atoms with Crippen LogP contribution in [-0.2, 0) is 9.16 Å². The van der Waals surface area contributed by atoms with E-state index in [1.165, 1.54) is 0 Å². The van der Waals surface area contributed by atoms with Crippen LogP contribution in [0.25, 0.3) is 0 Å². The van der Waals surface area contributed by atoms with E-state index in [9.17, 15) is 9.90 Å². The van der Waals surface area contributed by atoms with E-state index in [-0.39, 0.29) is 17.2 Å². The molecule has 0 saturated carbocycles. The Hall–Kier alpha value is -0.593. The molecule has 0 aromatic carbocycles. The molecular formula is C16H33NO4Si. The number of nitrogens with zero attached hydrogens (tertiary/aromatic N) is 1. The molecule has 1 rings (SSSR count). The van der Waals surface area contributed by atoms with E-state index in [0.29, 0.717) is 19.5 Å². The standard InChI is InChI=1S/C16H33NO4Si/c1-15(2,3)20-14(19)17-10-12(18)9-13(11-17)21-22(7,8)16(4,5)6/h12-13,18H,9-11H2,1-8H3/t12-,13+/m0/s1. The van der Waals surface area contributed by atoms with Crippen LogP contribution in [0.4, 0.5) is 4.79 Å². The number of rotatable bonds is 2. The fourth-order valence-electron chi connectivity index (χ4n) is 2.18. The summed E-state index contributed by atoms with van der Waals surface area (Å²) in [6.45, 7) is 17.2. The van der Waals surface area contributed by atoms with E-state index in [0.717, 1.165) is 0 Å². The van der Waals surface area contributed by atoms with Crippen LogP contribution in [0.2, 0.25) is 18.1 Å². The number of aliphatic hydroxyl groups excluding tert-OH is 1. The third-order valence-corrected chi connectivity index (χ3v) is 8.84. The van der Waals surface area contributed by atoms with Crippen LogP contribution in [0.1, 0.15) is 48.0 Å². The Morgan fingerprint density at radius 1 is 1.14 bits per heavy atom. The maximum atomic E-state index is 12.2. The average Bonchev–Trinajstić information content (AvgIpc) is 2.23. The monoisotopic (exact) mass is 331 g/mol. The van der Waals surface area contributed by atoms with Crippen molar-refractivity contribution in [3.05, 3.63) is 0 Å². The van der Waals surface area contributed by atoms with Crippen LogP contribution in [-0.4, -0.2) is 55.3 Å². The first kappa shape index (κ1) is 19.5. The topological polar surface area (TPSA) is 59.0 Å². The number of ether oxygens (including phenoxy) is 1. The van der Waals surface area contributed by atoms with Gasteiger partial charge in [-0.25, -0.2) is 4.79 Å². The van der Waals surface area contributed by atoms with E-state index in [1.54, 1.807) is 4.90 Å². The van der Waals surface area contributed by atoms with E-state index in [2.05, 4.69) is 33.9 Å². The van der Waals surface area contributed by atoms with Crippen molar-refractivity contribution < 1.29 is 19.1 Å². The largest absolute Gasteiger partial charge is 0.444 e. The van der Waals surface area contributed by atoms with Gasteiger partial charge in [-0.15, -0.1) is 0 Å². The fourth-order valence-corrected chi connectivity index (χ4v) is 3.54. The van der Waals surface area contributed by atoms with Crippen LogP contribution < -0.4 is 0 Å². The van der Waals surface area contributed by atoms with Gasteiger partial charge in [0.15, 0.2) is 8.32 Å². The first-order valence-corrected chi connectivity index (χ1v) is 11.0. The van der Waals surface area contributed by atoms with Crippen molar-refractivity contribution in [1.82, 2.24) is 4.90 Å². The molecule has 0 radical (unpaired) electrons. The third kappa shape index (κ3) is 5.55. The second-order valence-electron chi connectivity index (χ2n) is 8.78. The molecule has 22 heavy (non-hydrogen) atoms. The van der Waals surface area contributed by atoms with E-state index >= 15 is 0 Å². The average molecular weight is 332 g/mol. The molecule has 0 aliphatic carbocycles. The molecule has 1 aliphatic heterocycles. The third-order valence-electron chi connectivity index (χ3n) is 4.31. The Kier molecular flexibility index (Phi) is 5.74. The predicted octanol–water partition coefficient (Wildman–Crippen LogP) is 3.38. The van der Waals surface area contributed by atoms with Gasteiger partial charge < -0.3 is 19.2 Å². The van der Waals surface area contributed by atoms with E-state index in [4.69, 9.17) is 9.16 Å². The first-order valence-electron chi connectivity index (χ1n) is 8.05. The molecule has 6 heteroatoms. The Morgan fingerprint density at radius 3 is 2.14 bits per heavy atom. The fraction of sp³-hybridized carbons (Fsp3) is 0.938. The summed E-state index contributed by atoms with van der Waals surface area (Å²) in [5.41, 5.74) is -0.532. The van der Waals surface area contributed by atoms with E-state index < -0.39 is 20.0 Å². The number of likely N-dealkylation sites (tertiary alicyclic amines) is 1. The smallest absolute Gasteiger partial charge is 0.410 e. The molecule has 1 fully saturated rings. The quantitative estimate of drug-likeness (QED) is 0.788. The number of hydrogen-bond acceptors (Lipinski definition) is 4. The Balaban J connectivity index is 2.74. The summed E-state index contributed by atoms with van der Waals surface area (Å²) in [4.78, 5) is 13.8. The second kappa shape index (κ2) is 6.49. The molecule has 1 N–H and O–H groups in total. The zero-order chi connectivity index (χ0) is 17.3. The number of aliphatic hydroxyl groups is 1. The van der Waals surface area contributed by atoms with Crippen LogP contribution in [0, 0.1) is 0 Å². The molecule has 0 aromatic rings. The van der Waals surface area contributed by atoms with Gasteiger partial charge in [0, 0.05) is 13.0 Å². The number of β-amino-alcohol motifs (C(OH)–C–C–N with tert-alkyl or cyclic N) is 1. The summed E-state index contributed by atoms with van der Waals surface area (Å²) >= 11 is 0. The van der Waals surface area contributed by atoms with Crippen molar-refractivity contribution in [3.8, 4) is 0 Å². The summed E-state index contributed by atoms with van der Waals surface area (Å²) in [5.74, 6) is 0. The second-order valence-corrected chi connectivity index (χ2v) is 13.5. The number of amides is 1. The van der Waals surface area contributed by atoms with Crippen molar-refractivity contribution >= 4 is 14.4 Å². The first-order chi connectivity index (χ1) is 9.71. The molecule has 1 saturated heterocycles. The summed E-state index contributed by atoms with van der Waals surface area (Å²) in [6.07, 6.45) is -0.491. The number of hydrogen-bond donors (Lipinski definition) is 1. The van der Waals surface area contributed by atoms with E-state index in [1.807, 2.05) is 20.8 Å². The molecule has 130 valence electrons. The highest BCUT2D eigenvalue weighted by molar-refractivity contribution is 6.74. The lowest BCUT2D eigenvalue weighted by Crippen LogP contribution is -2.54. The minimum Gasteiger partial charge on any atom is -0.444 e. The summed E-state index contributed by atoms with van der Waals surface area (Å²) in [7, 11) is -1.92. The maximum Gasteiger partial charge on any atom is 0.410 e. The maximum absolute atomic E-state index is 12.2. The molecule has 0 unspecified atom stereocenters. The molecule has 5 nitrogen and oxygen atoms in total. The number of carbonyl (C=O) groups excluding carboxylic acids is 1. The molecular weight excluding hydrogens is 298 g/mol. The van der Waals surface area contributed by atoms with Gasteiger partial charge in [-0.3, -0.25) is 0 Å². The van der Waals surface area contributed by atoms with Crippen LogP contribution in [0.3, 0.4) is 0 Å². The number of carbonyl (C=O) groups is 1. The molecule has 0 bridgehead atoms. The normalized spacial score (nSPS) is 24.3. The van der Waals surface area contributed by atoms with Gasteiger partial charge in [-0.2, -0.15) is 0 Å². The molecule has 1 amide bonds. The highest BCUT2D eigenvalue weighted by atomic mass is 28.4. The molecule has 0 spiro atoms. The van der Waals surface area contributed by atoms with Gasteiger partial charge in [0.25, 0.3) is 0 Å². The Labute approximate surface area is 136 Å². The Morgan fingerprint density at radius 2 is 1.68 bits per heavy atom.